The Morgan fingerprint density at radius 3 is 2.89 bits per heavy atom. The van der Waals surface area contributed by atoms with E-state index in [-0.39, 0.29) is 18.3 Å². The Kier molecular flexibility index (Phi) is 2.44. The summed E-state index contributed by atoms with van der Waals surface area (Å²) in [4.78, 5) is 3.75. The van der Waals surface area contributed by atoms with E-state index in [0.29, 0.717) is 5.76 Å². The van der Waals surface area contributed by atoms with Gasteiger partial charge in [0.15, 0.2) is 6.04 Å². The summed E-state index contributed by atoms with van der Waals surface area (Å²) in [5, 5.41) is 6.42. The van der Waals surface area contributed by atoms with Crippen LogP contribution in [-0.2, 0) is 0 Å². The fourth-order valence-corrected chi connectivity index (χ4v) is 2.14. The first kappa shape index (κ1) is 11.9. The summed E-state index contributed by atoms with van der Waals surface area (Å²) in [6.45, 7) is 0. The molecule has 1 aliphatic rings. The molecule has 19 heavy (non-hydrogen) atoms. The maximum absolute atomic E-state index is 13.1. The van der Waals surface area contributed by atoms with Gasteiger partial charge in [0.25, 0.3) is 0 Å². The largest absolute Gasteiger partial charge is 0.467 e. The highest BCUT2D eigenvalue weighted by Gasteiger charge is 2.47. The summed E-state index contributed by atoms with van der Waals surface area (Å²) in [5.41, 5.74) is 5.35. The number of hydrogen-bond donors (Lipinski definition) is 2. The number of furan rings is 1. The predicted molar refractivity (Wildman–Crippen MR) is 59.2 cm³/mol. The Morgan fingerprint density at radius 1 is 1.47 bits per heavy atom. The van der Waals surface area contributed by atoms with Crippen molar-refractivity contribution >= 4 is 11.9 Å². The molecule has 0 saturated heterocycles. The van der Waals surface area contributed by atoms with Crippen LogP contribution in [0.2, 0.25) is 0 Å². The number of rotatable bonds is 1. The zero-order chi connectivity index (χ0) is 13.6. The zero-order valence-corrected chi connectivity index (χ0v) is 9.55. The highest BCUT2D eigenvalue weighted by molar-refractivity contribution is 5.37. The van der Waals surface area contributed by atoms with Gasteiger partial charge >= 0.3 is 6.18 Å². The number of anilines is 2. The average Bonchev–Trinajstić information content (AvgIpc) is 2.92. The number of aromatic nitrogens is 3. The smallest absolute Gasteiger partial charge is 0.411 e. The van der Waals surface area contributed by atoms with E-state index >= 15 is 0 Å². The van der Waals surface area contributed by atoms with Crippen molar-refractivity contribution in [3.63, 3.8) is 0 Å². The van der Waals surface area contributed by atoms with Gasteiger partial charge in [-0.25, -0.2) is 4.68 Å². The molecule has 9 heteroatoms. The molecule has 2 atom stereocenters. The van der Waals surface area contributed by atoms with Gasteiger partial charge in [0.2, 0.25) is 11.9 Å². The van der Waals surface area contributed by atoms with E-state index < -0.39 is 18.3 Å². The molecule has 3 N–H and O–H groups in total. The summed E-state index contributed by atoms with van der Waals surface area (Å²) in [6, 6.07) is 0.842. The molecule has 2 aromatic heterocycles. The first-order chi connectivity index (χ1) is 8.95. The van der Waals surface area contributed by atoms with Crippen molar-refractivity contribution in [1.29, 1.82) is 0 Å². The molecular formula is C10H10F3N5O. The summed E-state index contributed by atoms with van der Waals surface area (Å²) in [6.07, 6.45) is -3.25. The molecule has 1 aliphatic heterocycles. The van der Waals surface area contributed by atoms with Gasteiger partial charge in [0.05, 0.1) is 12.3 Å². The Bertz CT molecular complexity index is 576. The minimum Gasteiger partial charge on any atom is -0.467 e. The number of fused-ring (bicyclic) bond motifs is 1. The van der Waals surface area contributed by atoms with E-state index in [2.05, 4.69) is 15.4 Å². The Morgan fingerprint density at radius 2 is 2.26 bits per heavy atom. The molecule has 0 radical (unpaired) electrons. The van der Waals surface area contributed by atoms with Gasteiger partial charge in [-0.3, -0.25) is 0 Å². The number of halogens is 3. The minimum atomic E-state index is -4.43. The van der Waals surface area contributed by atoms with Crippen LogP contribution in [-0.4, -0.2) is 20.9 Å². The lowest BCUT2D eigenvalue weighted by molar-refractivity contribution is -0.174. The molecule has 0 spiro atoms. The van der Waals surface area contributed by atoms with Crippen molar-refractivity contribution in [1.82, 2.24) is 14.8 Å². The molecule has 0 aliphatic carbocycles. The van der Waals surface area contributed by atoms with E-state index in [9.17, 15) is 13.2 Å². The summed E-state index contributed by atoms with van der Waals surface area (Å²) < 4.78 is 45.1. The van der Waals surface area contributed by atoms with E-state index in [1.54, 1.807) is 12.1 Å². The van der Waals surface area contributed by atoms with Gasteiger partial charge in [-0.15, -0.1) is 5.10 Å². The molecule has 3 heterocycles. The second-order valence-corrected chi connectivity index (χ2v) is 4.24. The lowest BCUT2D eigenvalue weighted by Gasteiger charge is -2.31. The maximum atomic E-state index is 13.1. The van der Waals surface area contributed by atoms with Crippen LogP contribution in [0.25, 0.3) is 0 Å². The standard InChI is InChI=1S/C10H10F3N5O/c11-10(12,13)7-4-5(6-2-1-3-19-6)15-9-16-8(14)17-18(7)9/h1-3,5,7H,4H2,(H3,14,15,16,17)/t5-,7-/m0/s1. The SMILES string of the molecule is Nc1nc2n(n1)[C@H](C(F)(F)F)C[C@@H](c1ccco1)N2. The van der Waals surface area contributed by atoms with Gasteiger partial charge in [0.1, 0.15) is 5.76 Å². The van der Waals surface area contributed by atoms with Crippen molar-refractivity contribution in [3.05, 3.63) is 24.2 Å². The second kappa shape index (κ2) is 3.90. The third-order valence-corrected chi connectivity index (χ3v) is 2.97. The highest BCUT2D eigenvalue weighted by atomic mass is 19.4. The van der Waals surface area contributed by atoms with Crippen molar-refractivity contribution < 1.29 is 17.6 Å². The van der Waals surface area contributed by atoms with Crippen LogP contribution in [0.3, 0.4) is 0 Å². The third kappa shape index (κ3) is 2.00. The van der Waals surface area contributed by atoms with E-state index in [1.165, 1.54) is 6.26 Å². The first-order valence-corrected chi connectivity index (χ1v) is 5.54. The molecular weight excluding hydrogens is 263 g/mol. The molecule has 0 unspecified atom stereocenters. The fourth-order valence-electron chi connectivity index (χ4n) is 2.14. The molecule has 102 valence electrons. The number of nitrogens with one attached hydrogen (secondary N) is 1. The lowest BCUT2D eigenvalue weighted by Crippen LogP contribution is -2.35. The van der Waals surface area contributed by atoms with Crippen molar-refractivity contribution in [2.45, 2.75) is 24.7 Å². The number of nitrogen functional groups attached to an aromatic ring is 1. The van der Waals surface area contributed by atoms with Gasteiger partial charge in [-0.2, -0.15) is 18.2 Å². The average molecular weight is 273 g/mol. The highest BCUT2D eigenvalue weighted by Crippen LogP contribution is 2.42. The van der Waals surface area contributed by atoms with Crippen LogP contribution in [0.4, 0.5) is 25.1 Å². The summed E-state index contributed by atoms with van der Waals surface area (Å²) in [5.74, 6) is 0.214. The van der Waals surface area contributed by atoms with Crippen LogP contribution >= 0.6 is 0 Å². The topological polar surface area (TPSA) is 81.9 Å². The van der Waals surface area contributed by atoms with Crippen LogP contribution < -0.4 is 11.1 Å². The van der Waals surface area contributed by atoms with Crippen molar-refractivity contribution in [2.75, 3.05) is 11.1 Å². The fraction of sp³-hybridized carbons (Fsp3) is 0.400. The molecule has 0 bridgehead atoms. The predicted octanol–water partition coefficient (Wildman–Crippen LogP) is 2.11. The Hall–Kier alpha value is -2.19. The van der Waals surface area contributed by atoms with E-state index in [4.69, 9.17) is 10.2 Å². The number of nitrogens with zero attached hydrogens (tertiary/aromatic N) is 3. The minimum absolute atomic E-state index is 0.00697. The van der Waals surface area contributed by atoms with Crippen LogP contribution in [0.1, 0.15) is 24.3 Å². The van der Waals surface area contributed by atoms with Crippen LogP contribution in [0.15, 0.2) is 22.8 Å². The Balaban J connectivity index is 2.01. The van der Waals surface area contributed by atoms with Crippen molar-refractivity contribution in [3.8, 4) is 0 Å². The molecule has 0 saturated carbocycles. The number of nitrogens with two attached hydrogens (primary N) is 1. The lowest BCUT2D eigenvalue weighted by atomic mass is 10.0. The molecule has 0 amide bonds. The molecule has 6 nitrogen and oxygen atoms in total. The second-order valence-electron chi connectivity index (χ2n) is 4.24. The van der Waals surface area contributed by atoms with Gasteiger partial charge in [-0.1, -0.05) is 0 Å². The maximum Gasteiger partial charge on any atom is 0.411 e. The van der Waals surface area contributed by atoms with E-state index in [1.807, 2.05) is 0 Å². The third-order valence-electron chi connectivity index (χ3n) is 2.97. The number of hydrogen-bond acceptors (Lipinski definition) is 5. The quantitative estimate of drug-likeness (QED) is 0.831. The van der Waals surface area contributed by atoms with Crippen LogP contribution in [0.5, 0.6) is 0 Å². The van der Waals surface area contributed by atoms with E-state index in [0.717, 1.165) is 4.68 Å². The monoisotopic (exact) mass is 273 g/mol. The van der Waals surface area contributed by atoms with Crippen molar-refractivity contribution in [2.24, 2.45) is 0 Å². The van der Waals surface area contributed by atoms with Gasteiger partial charge < -0.3 is 15.5 Å². The normalized spacial score (nSPS) is 22.9. The summed E-state index contributed by atoms with van der Waals surface area (Å²) >= 11 is 0. The van der Waals surface area contributed by atoms with Gasteiger partial charge in [0, 0.05) is 6.42 Å². The molecule has 0 fully saturated rings. The zero-order valence-electron chi connectivity index (χ0n) is 9.55. The first-order valence-electron chi connectivity index (χ1n) is 5.54. The van der Waals surface area contributed by atoms with Crippen LogP contribution in [0, 0.1) is 0 Å². The molecule has 3 rings (SSSR count). The molecule has 0 aromatic carbocycles. The number of alkyl halides is 3. The van der Waals surface area contributed by atoms with Gasteiger partial charge in [-0.05, 0) is 12.1 Å². The molecule has 2 aromatic rings. The Labute approximate surface area is 105 Å². The summed E-state index contributed by atoms with van der Waals surface area (Å²) in [7, 11) is 0.